The summed E-state index contributed by atoms with van der Waals surface area (Å²) in [5.41, 5.74) is 0.644. The lowest BCUT2D eigenvalue weighted by Gasteiger charge is -2.35. The van der Waals surface area contributed by atoms with E-state index in [1.165, 1.54) is 6.07 Å². The fraction of sp³-hybridized carbons (Fsp3) is 0.562. The minimum absolute atomic E-state index is 0.153. The van der Waals surface area contributed by atoms with Gasteiger partial charge >= 0.3 is 5.97 Å². The number of likely N-dealkylation sites (tertiary alicyclic amines) is 1. The predicted molar refractivity (Wildman–Crippen MR) is 80.8 cm³/mol. The molecule has 2 unspecified atom stereocenters. The topological polar surface area (TPSA) is 40.5 Å². The number of halogens is 2. The maximum atomic E-state index is 13.8. The summed E-state index contributed by atoms with van der Waals surface area (Å²) in [6.45, 7) is 4.30. The molecule has 0 spiro atoms. The summed E-state index contributed by atoms with van der Waals surface area (Å²) >= 11 is 5.76. The van der Waals surface area contributed by atoms with Crippen LogP contribution in [0.25, 0.3) is 0 Å². The van der Waals surface area contributed by atoms with Crippen LogP contribution in [-0.4, -0.2) is 29.1 Å². The van der Waals surface area contributed by atoms with Gasteiger partial charge in [0.15, 0.2) is 0 Å². The first-order valence-electron chi connectivity index (χ1n) is 7.33. The second-order valence-electron chi connectivity index (χ2n) is 5.95. The molecule has 0 saturated carbocycles. The Bertz CT molecular complexity index is 509. The minimum atomic E-state index is -0.747. The van der Waals surface area contributed by atoms with Crippen molar-refractivity contribution < 1.29 is 14.3 Å². The van der Waals surface area contributed by atoms with Crippen LogP contribution in [-0.2, 0) is 11.3 Å². The Balaban J connectivity index is 1.96. The molecule has 0 amide bonds. The van der Waals surface area contributed by atoms with Gasteiger partial charge in [-0.2, -0.15) is 0 Å². The molecule has 1 N–H and O–H groups in total. The molecular weight excluding hydrogens is 293 g/mol. The highest BCUT2D eigenvalue weighted by Gasteiger charge is 2.26. The quantitative estimate of drug-likeness (QED) is 0.899. The largest absolute Gasteiger partial charge is 0.481 e. The van der Waals surface area contributed by atoms with Crippen LogP contribution in [0.2, 0.25) is 5.02 Å². The van der Waals surface area contributed by atoms with E-state index in [2.05, 4.69) is 4.90 Å². The molecule has 2 atom stereocenters. The van der Waals surface area contributed by atoms with Gasteiger partial charge in [-0.15, -0.1) is 0 Å². The third-order valence-electron chi connectivity index (χ3n) is 4.25. The molecule has 5 heteroatoms. The summed E-state index contributed by atoms with van der Waals surface area (Å²) in [5, 5.41) is 9.31. The molecule has 1 saturated heterocycles. The van der Waals surface area contributed by atoms with E-state index >= 15 is 0 Å². The smallest absolute Gasteiger partial charge is 0.303 e. The van der Waals surface area contributed by atoms with Crippen molar-refractivity contribution in [3.05, 3.63) is 34.6 Å². The van der Waals surface area contributed by atoms with Crippen LogP contribution in [0.1, 0.15) is 31.7 Å². The lowest BCUT2D eigenvalue weighted by atomic mass is 9.84. The lowest BCUT2D eigenvalue weighted by Crippen LogP contribution is -2.38. The lowest BCUT2D eigenvalue weighted by molar-refractivity contribution is -0.138. The molecule has 1 heterocycles. The molecule has 1 fully saturated rings. The van der Waals surface area contributed by atoms with Crippen LogP contribution in [0.3, 0.4) is 0 Å². The van der Waals surface area contributed by atoms with Gasteiger partial charge in [0, 0.05) is 30.1 Å². The van der Waals surface area contributed by atoms with Crippen molar-refractivity contribution in [3.63, 3.8) is 0 Å². The molecule has 0 aliphatic carbocycles. The van der Waals surface area contributed by atoms with Gasteiger partial charge in [-0.1, -0.05) is 24.6 Å². The number of carbonyl (C=O) groups is 1. The van der Waals surface area contributed by atoms with E-state index in [4.69, 9.17) is 16.7 Å². The maximum Gasteiger partial charge on any atom is 0.303 e. The number of carboxylic acids is 1. The van der Waals surface area contributed by atoms with Crippen molar-refractivity contribution >= 4 is 17.6 Å². The zero-order valence-electron chi connectivity index (χ0n) is 12.2. The molecular formula is C16H21ClFNO2. The standard InChI is InChI=1S/C16H21ClFNO2/c1-11(7-16(20)21)12-3-2-6-19(9-12)10-13-4-5-14(17)8-15(13)18/h4-5,8,11-12H,2-3,6-7,9-10H2,1H3,(H,20,21). The summed E-state index contributed by atoms with van der Waals surface area (Å²) in [6.07, 6.45) is 2.28. The van der Waals surface area contributed by atoms with Gasteiger partial charge < -0.3 is 5.11 Å². The molecule has 0 bridgehead atoms. The Morgan fingerprint density at radius 1 is 1.57 bits per heavy atom. The van der Waals surface area contributed by atoms with Crippen LogP contribution < -0.4 is 0 Å². The van der Waals surface area contributed by atoms with E-state index in [0.717, 1.165) is 25.9 Å². The molecule has 2 rings (SSSR count). The average Bonchev–Trinajstić information content (AvgIpc) is 2.41. The molecule has 21 heavy (non-hydrogen) atoms. The number of hydrogen-bond acceptors (Lipinski definition) is 2. The number of aliphatic carboxylic acids is 1. The van der Waals surface area contributed by atoms with Crippen LogP contribution in [0, 0.1) is 17.7 Å². The maximum absolute atomic E-state index is 13.8. The van der Waals surface area contributed by atoms with Crippen molar-refractivity contribution in [1.29, 1.82) is 0 Å². The first-order chi connectivity index (χ1) is 9.95. The first kappa shape index (κ1) is 16.2. The SMILES string of the molecule is CC(CC(=O)O)C1CCCN(Cc2ccc(Cl)cc2F)C1. The van der Waals surface area contributed by atoms with Crippen molar-refractivity contribution in [2.45, 2.75) is 32.7 Å². The Kier molecular flexibility index (Phi) is 5.59. The summed E-state index contributed by atoms with van der Waals surface area (Å²) < 4.78 is 13.8. The molecule has 1 aromatic rings. The van der Waals surface area contributed by atoms with E-state index in [1.54, 1.807) is 12.1 Å². The van der Waals surface area contributed by atoms with Crippen molar-refractivity contribution in [1.82, 2.24) is 4.90 Å². The zero-order chi connectivity index (χ0) is 15.4. The number of piperidine rings is 1. The van der Waals surface area contributed by atoms with Crippen LogP contribution in [0.4, 0.5) is 4.39 Å². The second kappa shape index (κ2) is 7.23. The van der Waals surface area contributed by atoms with Gasteiger partial charge in [-0.05, 0) is 43.4 Å². The van der Waals surface area contributed by atoms with Crippen molar-refractivity contribution in [2.24, 2.45) is 11.8 Å². The number of benzene rings is 1. The molecule has 0 radical (unpaired) electrons. The number of hydrogen-bond donors (Lipinski definition) is 1. The second-order valence-corrected chi connectivity index (χ2v) is 6.38. The number of nitrogens with zero attached hydrogens (tertiary/aromatic N) is 1. The Hall–Kier alpha value is -1.13. The average molecular weight is 314 g/mol. The van der Waals surface area contributed by atoms with E-state index in [1.807, 2.05) is 6.92 Å². The highest BCUT2D eigenvalue weighted by atomic mass is 35.5. The van der Waals surface area contributed by atoms with Crippen LogP contribution >= 0.6 is 11.6 Å². The monoisotopic (exact) mass is 313 g/mol. The van der Waals surface area contributed by atoms with Crippen molar-refractivity contribution in [3.8, 4) is 0 Å². The fourth-order valence-electron chi connectivity index (χ4n) is 3.03. The van der Waals surface area contributed by atoms with E-state index in [0.29, 0.717) is 23.0 Å². The van der Waals surface area contributed by atoms with Crippen molar-refractivity contribution in [2.75, 3.05) is 13.1 Å². The van der Waals surface area contributed by atoms with Gasteiger partial charge in [0.1, 0.15) is 5.82 Å². The Morgan fingerprint density at radius 2 is 2.33 bits per heavy atom. The van der Waals surface area contributed by atoms with Gasteiger partial charge in [0.25, 0.3) is 0 Å². The minimum Gasteiger partial charge on any atom is -0.481 e. The molecule has 1 aliphatic rings. The molecule has 116 valence electrons. The van der Waals surface area contributed by atoms with Crippen LogP contribution in [0.5, 0.6) is 0 Å². The van der Waals surface area contributed by atoms with Gasteiger partial charge in [0.2, 0.25) is 0 Å². The number of rotatable bonds is 5. The molecule has 1 aliphatic heterocycles. The highest BCUT2D eigenvalue weighted by Crippen LogP contribution is 2.27. The zero-order valence-corrected chi connectivity index (χ0v) is 12.9. The van der Waals surface area contributed by atoms with Gasteiger partial charge in [-0.3, -0.25) is 9.69 Å². The highest BCUT2D eigenvalue weighted by molar-refractivity contribution is 6.30. The third kappa shape index (κ3) is 4.68. The van der Waals surface area contributed by atoms with E-state index < -0.39 is 5.97 Å². The van der Waals surface area contributed by atoms with Gasteiger partial charge in [-0.25, -0.2) is 4.39 Å². The predicted octanol–water partition coefficient (Wildman–Crippen LogP) is 3.80. The van der Waals surface area contributed by atoms with Crippen LogP contribution in [0.15, 0.2) is 18.2 Å². The Morgan fingerprint density at radius 3 is 3.00 bits per heavy atom. The molecule has 3 nitrogen and oxygen atoms in total. The first-order valence-corrected chi connectivity index (χ1v) is 7.71. The van der Waals surface area contributed by atoms with E-state index in [-0.39, 0.29) is 18.2 Å². The summed E-state index contributed by atoms with van der Waals surface area (Å²) in [4.78, 5) is 13.0. The molecule has 1 aromatic carbocycles. The van der Waals surface area contributed by atoms with E-state index in [9.17, 15) is 9.18 Å². The number of carboxylic acid groups (broad SMARTS) is 1. The summed E-state index contributed by atoms with van der Waals surface area (Å²) in [5.74, 6) is -0.503. The normalized spacial score (nSPS) is 21.2. The third-order valence-corrected chi connectivity index (χ3v) is 4.49. The van der Waals surface area contributed by atoms with Gasteiger partial charge in [0.05, 0.1) is 0 Å². The fourth-order valence-corrected chi connectivity index (χ4v) is 3.19. The molecule has 0 aromatic heterocycles. The summed E-state index contributed by atoms with van der Waals surface area (Å²) in [6, 6.07) is 4.77. The Labute approximate surface area is 129 Å². The summed E-state index contributed by atoms with van der Waals surface area (Å²) in [7, 11) is 0.